The van der Waals surface area contributed by atoms with Gasteiger partial charge in [0.1, 0.15) is 0 Å². The number of nitrogens with one attached hydrogen (secondary N) is 1. The Kier molecular flexibility index (Phi) is 4.13. The predicted molar refractivity (Wildman–Crippen MR) is 77.4 cm³/mol. The Bertz CT molecular complexity index is 612. The van der Waals surface area contributed by atoms with Gasteiger partial charge in [0.15, 0.2) is 0 Å². The topological polar surface area (TPSA) is 38.0 Å². The summed E-state index contributed by atoms with van der Waals surface area (Å²) in [7, 11) is 0. The Hall–Kier alpha value is -1.82. The molecule has 0 saturated heterocycles. The van der Waals surface area contributed by atoms with Crippen LogP contribution in [0.15, 0.2) is 47.4 Å². The van der Waals surface area contributed by atoms with E-state index in [1.165, 1.54) is 23.9 Å². The normalized spacial score (nSPS) is 11.4. The summed E-state index contributed by atoms with van der Waals surface area (Å²) in [6.45, 7) is 0. The number of thioether (sulfide) groups is 1. The predicted octanol–water partition coefficient (Wildman–Crippen LogP) is 4.75. The highest BCUT2D eigenvalue weighted by Crippen LogP contribution is 2.38. The number of nitrogen functional groups attached to an aromatic ring is 1. The lowest BCUT2D eigenvalue weighted by atomic mass is 10.1. The second kappa shape index (κ2) is 5.66. The van der Waals surface area contributed by atoms with Crippen molar-refractivity contribution in [2.24, 2.45) is 0 Å². The van der Waals surface area contributed by atoms with Gasteiger partial charge in [-0.1, -0.05) is 12.1 Å². The Morgan fingerprint density at radius 1 is 1.05 bits per heavy atom. The van der Waals surface area contributed by atoms with Crippen LogP contribution in [0.3, 0.4) is 0 Å². The smallest absolute Gasteiger partial charge is 0.399 e. The fraction of sp³-hybridized carbons (Fsp3) is 0.143. The van der Waals surface area contributed by atoms with Crippen molar-refractivity contribution in [3.63, 3.8) is 0 Å². The minimum atomic E-state index is -4.45. The molecule has 20 heavy (non-hydrogen) atoms. The summed E-state index contributed by atoms with van der Waals surface area (Å²) in [4.78, 5) is 0.873. The molecule has 0 aliphatic carbocycles. The first-order chi connectivity index (χ1) is 9.41. The molecule has 0 saturated carbocycles. The van der Waals surface area contributed by atoms with Crippen molar-refractivity contribution >= 4 is 28.8 Å². The van der Waals surface area contributed by atoms with Gasteiger partial charge in [0.2, 0.25) is 0 Å². The summed E-state index contributed by atoms with van der Waals surface area (Å²) in [5.74, 6) is 0. The number of para-hydroxylation sites is 1. The van der Waals surface area contributed by atoms with Crippen molar-refractivity contribution < 1.29 is 13.2 Å². The molecule has 2 nitrogen and oxygen atoms in total. The molecule has 0 radical (unpaired) electrons. The van der Waals surface area contributed by atoms with E-state index in [1.807, 2.05) is 18.4 Å². The number of anilines is 3. The summed E-state index contributed by atoms with van der Waals surface area (Å²) >= 11 is 1.46. The zero-order valence-corrected chi connectivity index (χ0v) is 11.5. The van der Waals surface area contributed by atoms with Crippen LogP contribution in [0, 0.1) is 0 Å². The third kappa shape index (κ3) is 3.19. The second-order valence-corrected chi connectivity index (χ2v) is 4.98. The van der Waals surface area contributed by atoms with Crippen LogP contribution in [0.5, 0.6) is 0 Å². The molecule has 6 heteroatoms. The Labute approximate surface area is 119 Å². The summed E-state index contributed by atoms with van der Waals surface area (Å²) in [5.41, 5.74) is 5.38. The van der Waals surface area contributed by atoms with E-state index in [4.69, 9.17) is 5.73 Å². The standard InChI is InChI=1S/C14H13F3N2S/c1-20-13-5-3-2-4-12(13)19-11-7-6-9(18)8-10(11)14(15,16)17/h2-8,19H,18H2,1H3. The summed E-state index contributed by atoms with van der Waals surface area (Å²) in [6.07, 6.45) is -2.58. The average molecular weight is 298 g/mol. The van der Waals surface area contributed by atoms with E-state index < -0.39 is 11.7 Å². The molecule has 2 aromatic rings. The molecule has 0 bridgehead atoms. The molecule has 106 valence electrons. The van der Waals surface area contributed by atoms with Gasteiger partial charge in [0, 0.05) is 10.6 Å². The molecule has 3 N–H and O–H groups in total. The first kappa shape index (κ1) is 14.6. The van der Waals surface area contributed by atoms with Crippen LogP contribution < -0.4 is 11.1 Å². The number of alkyl halides is 3. The molecule has 0 aromatic heterocycles. The summed E-state index contributed by atoms with van der Waals surface area (Å²) in [5, 5.41) is 2.83. The number of nitrogens with two attached hydrogens (primary N) is 1. The van der Waals surface area contributed by atoms with E-state index in [2.05, 4.69) is 5.32 Å². The van der Waals surface area contributed by atoms with Gasteiger partial charge in [-0.05, 0) is 36.6 Å². The van der Waals surface area contributed by atoms with Crippen LogP contribution in [0.2, 0.25) is 0 Å². The van der Waals surface area contributed by atoms with Gasteiger partial charge < -0.3 is 11.1 Å². The van der Waals surface area contributed by atoms with E-state index in [0.29, 0.717) is 5.69 Å². The summed E-state index contributed by atoms with van der Waals surface area (Å²) < 4.78 is 39.0. The maximum Gasteiger partial charge on any atom is 0.418 e. The Morgan fingerprint density at radius 3 is 2.40 bits per heavy atom. The number of halogens is 3. The quantitative estimate of drug-likeness (QED) is 0.634. The molecule has 2 rings (SSSR count). The maximum atomic E-state index is 13.0. The zero-order valence-electron chi connectivity index (χ0n) is 10.7. The highest BCUT2D eigenvalue weighted by molar-refractivity contribution is 7.98. The van der Waals surface area contributed by atoms with Gasteiger partial charge in [-0.3, -0.25) is 0 Å². The first-order valence-electron chi connectivity index (χ1n) is 5.78. The van der Waals surface area contributed by atoms with Crippen molar-refractivity contribution in [2.75, 3.05) is 17.3 Å². The van der Waals surface area contributed by atoms with Crippen LogP contribution in [0.1, 0.15) is 5.56 Å². The average Bonchev–Trinajstić information content (AvgIpc) is 2.40. The molecular weight excluding hydrogens is 285 g/mol. The molecule has 0 unspecified atom stereocenters. The highest BCUT2D eigenvalue weighted by Gasteiger charge is 2.33. The SMILES string of the molecule is CSc1ccccc1Nc1ccc(N)cc1C(F)(F)F. The van der Waals surface area contributed by atoms with Crippen molar-refractivity contribution in [1.29, 1.82) is 0 Å². The highest BCUT2D eigenvalue weighted by atomic mass is 32.2. The fourth-order valence-corrected chi connectivity index (χ4v) is 2.35. The number of benzene rings is 2. The third-order valence-electron chi connectivity index (χ3n) is 2.73. The molecule has 0 spiro atoms. The lowest BCUT2D eigenvalue weighted by Crippen LogP contribution is -2.09. The van der Waals surface area contributed by atoms with E-state index in [-0.39, 0.29) is 11.4 Å². The second-order valence-electron chi connectivity index (χ2n) is 4.13. The number of rotatable bonds is 3. The molecule has 2 aromatic carbocycles. The van der Waals surface area contributed by atoms with Gasteiger partial charge in [-0.25, -0.2) is 0 Å². The minimum Gasteiger partial charge on any atom is -0.399 e. The van der Waals surface area contributed by atoms with Crippen LogP contribution >= 0.6 is 11.8 Å². The lowest BCUT2D eigenvalue weighted by Gasteiger charge is -2.16. The van der Waals surface area contributed by atoms with E-state index in [0.717, 1.165) is 11.0 Å². The summed E-state index contributed by atoms with van der Waals surface area (Å²) in [6, 6.07) is 10.9. The minimum absolute atomic E-state index is 0.00630. The molecule has 0 aliphatic heterocycles. The third-order valence-corrected chi connectivity index (χ3v) is 3.52. The molecule has 0 aliphatic rings. The molecule has 0 heterocycles. The van der Waals surface area contributed by atoms with E-state index in [1.54, 1.807) is 12.1 Å². The van der Waals surface area contributed by atoms with E-state index >= 15 is 0 Å². The first-order valence-corrected chi connectivity index (χ1v) is 7.01. The number of hydrogen-bond acceptors (Lipinski definition) is 3. The van der Waals surface area contributed by atoms with Crippen LogP contribution in [0.4, 0.5) is 30.2 Å². The van der Waals surface area contributed by atoms with Crippen molar-refractivity contribution in [2.45, 2.75) is 11.1 Å². The largest absolute Gasteiger partial charge is 0.418 e. The Balaban J connectivity index is 2.44. The molecule has 0 amide bonds. The Morgan fingerprint density at radius 2 is 1.75 bits per heavy atom. The van der Waals surface area contributed by atoms with Gasteiger partial charge in [-0.2, -0.15) is 13.2 Å². The monoisotopic (exact) mass is 298 g/mol. The zero-order chi connectivity index (χ0) is 14.8. The fourth-order valence-electron chi connectivity index (χ4n) is 1.80. The van der Waals surface area contributed by atoms with Gasteiger partial charge in [0.25, 0.3) is 0 Å². The van der Waals surface area contributed by atoms with Crippen LogP contribution in [-0.2, 0) is 6.18 Å². The van der Waals surface area contributed by atoms with Gasteiger partial charge in [0.05, 0.1) is 16.9 Å². The van der Waals surface area contributed by atoms with Crippen LogP contribution in [-0.4, -0.2) is 6.26 Å². The number of hydrogen-bond donors (Lipinski definition) is 2. The van der Waals surface area contributed by atoms with E-state index in [9.17, 15) is 13.2 Å². The van der Waals surface area contributed by atoms with Gasteiger partial charge in [-0.15, -0.1) is 11.8 Å². The van der Waals surface area contributed by atoms with Crippen LogP contribution in [0.25, 0.3) is 0 Å². The van der Waals surface area contributed by atoms with Gasteiger partial charge >= 0.3 is 6.18 Å². The van der Waals surface area contributed by atoms with Crippen molar-refractivity contribution in [1.82, 2.24) is 0 Å². The molecule has 0 atom stereocenters. The maximum absolute atomic E-state index is 13.0. The molecule has 0 fully saturated rings. The van der Waals surface area contributed by atoms with Crippen molar-refractivity contribution in [3.8, 4) is 0 Å². The lowest BCUT2D eigenvalue weighted by molar-refractivity contribution is -0.136. The van der Waals surface area contributed by atoms with Crippen molar-refractivity contribution in [3.05, 3.63) is 48.0 Å². The molecular formula is C14H13F3N2S.